The number of benzene rings is 1. The van der Waals surface area contributed by atoms with Crippen molar-refractivity contribution in [3.63, 3.8) is 0 Å². The number of aryl methyl sites for hydroxylation is 1. The van der Waals surface area contributed by atoms with Crippen molar-refractivity contribution in [1.29, 1.82) is 0 Å². The van der Waals surface area contributed by atoms with Crippen LogP contribution in [0.15, 0.2) is 48.8 Å². The summed E-state index contributed by atoms with van der Waals surface area (Å²) >= 11 is 0. The van der Waals surface area contributed by atoms with E-state index in [9.17, 15) is 0 Å². The van der Waals surface area contributed by atoms with Gasteiger partial charge >= 0.3 is 0 Å². The number of methoxy groups -OCH3 is 1. The molecule has 2 aromatic rings. The van der Waals surface area contributed by atoms with Crippen molar-refractivity contribution in [3.8, 4) is 11.5 Å². The van der Waals surface area contributed by atoms with Crippen LogP contribution in [0.5, 0.6) is 11.5 Å². The Morgan fingerprint density at radius 1 is 1.06 bits per heavy atom. The molecule has 0 aliphatic rings. The van der Waals surface area contributed by atoms with Crippen molar-refractivity contribution < 1.29 is 9.47 Å². The van der Waals surface area contributed by atoms with Gasteiger partial charge in [-0.2, -0.15) is 0 Å². The van der Waals surface area contributed by atoms with E-state index in [-0.39, 0.29) is 0 Å². The lowest BCUT2D eigenvalue weighted by Crippen LogP contribution is -1.98. The van der Waals surface area contributed by atoms with Crippen LogP contribution >= 0.6 is 0 Å². The highest BCUT2D eigenvalue weighted by atomic mass is 16.5. The maximum Gasteiger partial charge on any atom is 0.145 e. The van der Waals surface area contributed by atoms with E-state index in [1.54, 1.807) is 7.11 Å². The average molecular weight is 231 g/mol. The Balaban J connectivity index is 1.90. The first-order chi connectivity index (χ1) is 8.38. The van der Waals surface area contributed by atoms with Crippen LogP contribution in [-0.2, 0) is 11.3 Å². The van der Waals surface area contributed by atoms with Gasteiger partial charge in [0, 0.05) is 32.7 Å². The van der Waals surface area contributed by atoms with Crippen molar-refractivity contribution in [2.45, 2.75) is 13.0 Å². The highest BCUT2D eigenvalue weighted by Crippen LogP contribution is 2.20. The number of ether oxygens (including phenoxy) is 2. The highest BCUT2D eigenvalue weighted by molar-refractivity contribution is 5.29. The quantitative estimate of drug-likeness (QED) is 0.712. The van der Waals surface area contributed by atoms with Crippen LogP contribution in [0, 0.1) is 0 Å². The first kappa shape index (κ1) is 11.7. The topological polar surface area (TPSA) is 23.4 Å². The van der Waals surface area contributed by atoms with Crippen LogP contribution in [0.3, 0.4) is 0 Å². The summed E-state index contributed by atoms with van der Waals surface area (Å²) in [5.41, 5.74) is 0. The van der Waals surface area contributed by atoms with Crippen molar-refractivity contribution in [3.05, 3.63) is 48.8 Å². The Bertz CT molecular complexity index is 436. The normalized spacial score (nSPS) is 10.4. The number of nitrogens with zero attached hydrogens (tertiary/aromatic N) is 1. The third-order valence-electron chi connectivity index (χ3n) is 2.47. The number of hydrogen-bond donors (Lipinski definition) is 0. The minimum Gasteiger partial charge on any atom is -0.456 e. The van der Waals surface area contributed by atoms with Gasteiger partial charge in [0.2, 0.25) is 0 Å². The molecule has 2 rings (SSSR count). The Morgan fingerprint density at radius 2 is 1.88 bits per heavy atom. The monoisotopic (exact) mass is 231 g/mol. The van der Waals surface area contributed by atoms with Gasteiger partial charge in [-0.3, -0.25) is 0 Å². The molecular weight excluding hydrogens is 214 g/mol. The van der Waals surface area contributed by atoms with Crippen molar-refractivity contribution in [1.82, 2.24) is 4.57 Å². The zero-order chi connectivity index (χ0) is 11.9. The molecule has 0 fully saturated rings. The van der Waals surface area contributed by atoms with Gasteiger partial charge in [0.05, 0.1) is 0 Å². The molecule has 0 aliphatic heterocycles. The molecule has 0 N–H and O–H groups in total. The predicted octanol–water partition coefficient (Wildman–Crippen LogP) is 3.32. The van der Waals surface area contributed by atoms with Crippen LogP contribution in [-0.4, -0.2) is 18.3 Å². The third kappa shape index (κ3) is 3.64. The van der Waals surface area contributed by atoms with Crippen molar-refractivity contribution in [2.24, 2.45) is 0 Å². The predicted molar refractivity (Wildman–Crippen MR) is 67.4 cm³/mol. The zero-order valence-corrected chi connectivity index (χ0v) is 10.0. The van der Waals surface area contributed by atoms with Gasteiger partial charge in [-0.25, -0.2) is 0 Å². The van der Waals surface area contributed by atoms with Gasteiger partial charge in [0.15, 0.2) is 0 Å². The summed E-state index contributed by atoms with van der Waals surface area (Å²) in [5, 5.41) is 0. The molecule has 0 amide bonds. The van der Waals surface area contributed by atoms with E-state index in [1.165, 1.54) is 0 Å². The maximum atomic E-state index is 5.71. The number of hydrogen-bond acceptors (Lipinski definition) is 2. The second kappa shape index (κ2) is 6.11. The van der Waals surface area contributed by atoms with Gasteiger partial charge in [0.25, 0.3) is 0 Å². The summed E-state index contributed by atoms with van der Waals surface area (Å²) in [5.74, 6) is 1.73. The van der Waals surface area contributed by atoms with Gasteiger partial charge < -0.3 is 14.0 Å². The van der Waals surface area contributed by atoms with E-state index in [1.807, 2.05) is 48.8 Å². The maximum absolute atomic E-state index is 5.71. The molecule has 90 valence electrons. The van der Waals surface area contributed by atoms with Crippen LogP contribution in [0.1, 0.15) is 6.42 Å². The fourth-order valence-corrected chi connectivity index (χ4v) is 1.63. The zero-order valence-electron chi connectivity index (χ0n) is 10.0. The van der Waals surface area contributed by atoms with E-state index in [4.69, 9.17) is 9.47 Å². The summed E-state index contributed by atoms with van der Waals surface area (Å²) in [4.78, 5) is 0. The van der Waals surface area contributed by atoms with Gasteiger partial charge in [-0.1, -0.05) is 18.2 Å². The second-order valence-electron chi connectivity index (χ2n) is 3.85. The minimum absolute atomic E-state index is 0.785. The SMILES string of the molecule is COCCCn1ccc(Oc2ccccc2)c1. The second-order valence-corrected chi connectivity index (χ2v) is 3.85. The molecule has 3 heteroatoms. The standard InChI is InChI=1S/C14H17NO2/c1-16-11-5-9-15-10-8-14(12-15)17-13-6-3-2-4-7-13/h2-4,6-8,10,12H,5,9,11H2,1H3. The number of aromatic nitrogens is 1. The lowest BCUT2D eigenvalue weighted by molar-refractivity contribution is 0.190. The summed E-state index contributed by atoms with van der Waals surface area (Å²) in [6, 6.07) is 11.8. The molecular formula is C14H17NO2. The fourth-order valence-electron chi connectivity index (χ4n) is 1.63. The van der Waals surface area contributed by atoms with Crippen LogP contribution in [0.25, 0.3) is 0 Å². The highest BCUT2D eigenvalue weighted by Gasteiger charge is 1.99. The van der Waals surface area contributed by atoms with Gasteiger partial charge in [-0.15, -0.1) is 0 Å². The van der Waals surface area contributed by atoms with Crippen molar-refractivity contribution in [2.75, 3.05) is 13.7 Å². The Kier molecular flexibility index (Phi) is 4.22. The van der Waals surface area contributed by atoms with E-state index < -0.39 is 0 Å². The molecule has 0 radical (unpaired) electrons. The molecule has 3 nitrogen and oxygen atoms in total. The van der Waals surface area contributed by atoms with Crippen LogP contribution in [0.4, 0.5) is 0 Å². The molecule has 0 unspecified atom stereocenters. The Hall–Kier alpha value is -1.74. The molecule has 1 aromatic heterocycles. The molecule has 1 aromatic carbocycles. The van der Waals surface area contributed by atoms with E-state index >= 15 is 0 Å². The summed E-state index contributed by atoms with van der Waals surface area (Å²) in [6.45, 7) is 1.74. The summed E-state index contributed by atoms with van der Waals surface area (Å²) < 4.78 is 12.8. The molecule has 0 bridgehead atoms. The van der Waals surface area contributed by atoms with E-state index in [0.717, 1.165) is 31.1 Å². The molecule has 17 heavy (non-hydrogen) atoms. The Labute approximate surface area is 102 Å². The van der Waals surface area contributed by atoms with Crippen LogP contribution in [0.2, 0.25) is 0 Å². The van der Waals surface area contributed by atoms with Gasteiger partial charge in [0.1, 0.15) is 11.5 Å². The molecule has 0 spiro atoms. The largest absolute Gasteiger partial charge is 0.456 e. The van der Waals surface area contributed by atoms with E-state index in [2.05, 4.69) is 4.57 Å². The molecule has 1 heterocycles. The summed E-state index contributed by atoms with van der Waals surface area (Å²) in [7, 11) is 1.72. The first-order valence-electron chi connectivity index (χ1n) is 5.76. The fraction of sp³-hybridized carbons (Fsp3) is 0.286. The third-order valence-corrected chi connectivity index (χ3v) is 2.47. The number of para-hydroxylation sites is 1. The Morgan fingerprint density at radius 3 is 2.65 bits per heavy atom. The molecule has 0 aliphatic carbocycles. The molecule has 0 saturated heterocycles. The summed E-state index contributed by atoms with van der Waals surface area (Å²) in [6.07, 6.45) is 5.03. The number of rotatable bonds is 6. The van der Waals surface area contributed by atoms with Crippen molar-refractivity contribution >= 4 is 0 Å². The molecule has 0 atom stereocenters. The average Bonchev–Trinajstić information content (AvgIpc) is 2.79. The first-order valence-corrected chi connectivity index (χ1v) is 5.76. The smallest absolute Gasteiger partial charge is 0.145 e. The van der Waals surface area contributed by atoms with Crippen LogP contribution < -0.4 is 4.74 Å². The lowest BCUT2D eigenvalue weighted by Gasteiger charge is -2.03. The molecule has 0 saturated carbocycles. The lowest BCUT2D eigenvalue weighted by atomic mass is 10.3. The van der Waals surface area contributed by atoms with E-state index in [0.29, 0.717) is 0 Å². The minimum atomic E-state index is 0.785. The van der Waals surface area contributed by atoms with Gasteiger partial charge in [-0.05, 0) is 24.6 Å².